The number of rotatable bonds is 4. The van der Waals surface area contributed by atoms with E-state index in [2.05, 4.69) is 10.6 Å². The Balaban J connectivity index is 2.01. The van der Waals surface area contributed by atoms with Gasteiger partial charge in [-0.3, -0.25) is 4.79 Å². The molecule has 21 heavy (non-hydrogen) atoms. The molecule has 0 heterocycles. The third-order valence-corrected chi connectivity index (χ3v) is 3.16. The molecule has 2 aromatic rings. The molecule has 2 rings (SSSR count). The molecule has 0 saturated carbocycles. The lowest BCUT2D eigenvalue weighted by atomic mass is 10.3. The second-order valence-electron chi connectivity index (χ2n) is 4.12. The standard InChI is InChI=1S/C14H10Cl2F2N2O/c15-8-4-5-9(16)12(6-8)19-7-13(21)20-14-10(17)2-1-3-11(14)18/h1-6,19H,7H2,(H,20,21). The number of benzene rings is 2. The molecule has 110 valence electrons. The van der Waals surface area contributed by atoms with Crippen LogP contribution in [0.5, 0.6) is 0 Å². The van der Waals surface area contributed by atoms with Gasteiger partial charge in [-0.15, -0.1) is 0 Å². The van der Waals surface area contributed by atoms with E-state index >= 15 is 0 Å². The SMILES string of the molecule is O=C(CNc1cc(Cl)ccc1Cl)Nc1c(F)cccc1F. The molecule has 0 fully saturated rings. The lowest BCUT2D eigenvalue weighted by Crippen LogP contribution is -2.23. The Morgan fingerprint density at radius 1 is 1.10 bits per heavy atom. The van der Waals surface area contributed by atoms with Crippen LogP contribution >= 0.6 is 23.2 Å². The molecule has 0 aliphatic carbocycles. The summed E-state index contributed by atoms with van der Waals surface area (Å²) in [6.45, 7) is -0.214. The van der Waals surface area contributed by atoms with Gasteiger partial charge in [0, 0.05) is 5.02 Å². The number of para-hydroxylation sites is 1. The minimum atomic E-state index is -0.843. The van der Waals surface area contributed by atoms with E-state index in [9.17, 15) is 13.6 Å². The number of amides is 1. The minimum absolute atomic E-state index is 0.214. The molecule has 2 aromatic carbocycles. The Bertz CT molecular complexity index is 660. The van der Waals surface area contributed by atoms with Crippen LogP contribution in [-0.4, -0.2) is 12.5 Å². The summed E-state index contributed by atoms with van der Waals surface area (Å²) in [6.07, 6.45) is 0. The lowest BCUT2D eigenvalue weighted by molar-refractivity contribution is -0.114. The molecule has 7 heteroatoms. The molecule has 2 N–H and O–H groups in total. The quantitative estimate of drug-likeness (QED) is 0.876. The van der Waals surface area contributed by atoms with Gasteiger partial charge in [-0.2, -0.15) is 0 Å². The average Bonchev–Trinajstić information content (AvgIpc) is 2.44. The highest BCUT2D eigenvalue weighted by molar-refractivity contribution is 6.35. The van der Waals surface area contributed by atoms with Crippen LogP contribution in [0.15, 0.2) is 36.4 Å². The van der Waals surface area contributed by atoms with Gasteiger partial charge < -0.3 is 10.6 Å². The van der Waals surface area contributed by atoms with Gasteiger partial charge in [-0.25, -0.2) is 8.78 Å². The van der Waals surface area contributed by atoms with Crippen molar-refractivity contribution < 1.29 is 13.6 Å². The van der Waals surface area contributed by atoms with Gasteiger partial charge in [0.05, 0.1) is 17.3 Å². The lowest BCUT2D eigenvalue weighted by Gasteiger charge is -2.10. The maximum atomic E-state index is 13.4. The summed E-state index contributed by atoms with van der Waals surface area (Å²) in [6, 6.07) is 8.04. The Kier molecular flexibility index (Phi) is 4.98. The number of carbonyl (C=O) groups is 1. The van der Waals surface area contributed by atoms with Gasteiger partial charge in [-0.05, 0) is 30.3 Å². The fourth-order valence-corrected chi connectivity index (χ4v) is 1.97. The molecular formula is C14H10Cl2F2N2O. The van der Waals surface area contributed by atoms with E-state index in [0.29, 0.717) is 15.7 Å². The number of halogens is 4. The molecule has 0 aromatic heterocycles. The summed E-state index contributed by atoms with van der Waals surface area (Å²) < 4.78 is 26.8. The summed E-state index contributed by atoms with van der Waals surface area (Å²) >= 11 is 11.7. The van der Waals surface area contributed by atoms with Crippen LogP contribution in [0.1, 0.15) is 0 Å². The Morgan fingerprint density at radius 2 is 1.76 bits per heavy atom. The van der Waals surface area contributed by atoms with E-state index in [1.807, 2.05) is 0 Å². The van der Waals surface area contributed by atoms with Crippen molar-refractivity contribution >= 4 is 40.5 Å². The highest BCUT2D eigenvalue weighted by Crippen LogP contribution is 2.25. The summed E-state index contributed by atoms with van der Waals surface area (Å²) in [4.78, 5) is 11.7. The van der Waals surface area contributed by atoms with Gasteiger partial charge in [0.15, 0.2) is 0 Å². The van der Waals surface area contributed by atoms with Crippen LogP contribution in [0.25, 0.3) is 0 Å². The normalized spacial score (nSPS) is 10.3. The highest BCUT2D eigenvalue weighted by Gasteiger charge is 2.12. The van der Waals surface area contributed by atoms with E-state index in [4.69, 9.17) is 23.2 Å². The number of hydrogen-bond donors (Lipinski definition) is 2. The van der Waals surface area contributed by atoms with E-state index in [0.717, 1.165) is 12.1 Å². The van der Waals surface area contributed by atoms with Crippen molar-refractivity contribution in [3.8, 4) is 0 Å². The second-order valence-corrected chi connectivity index (χ2v) is 4.97. The van der Waals surface area contributed by atoms with Crippen molar-refractivity contribution in [2.24, 2.45) is 0 Å². The second kappa shape index (κ2) is 6.74. The molecular weight excluding hydrogens is 321 g/mol. The third-order valence-electron chi connectivity index (χ3n) is 2.59. The van der Waals surface area contributed by atoms with E-state index in [-0.39, 0.29) is 6.54 Å². The zero-order valence-corrected chi connectivity index (χ0v) is 12.1. The van der Waals surface area contributed by atoms with Crippen molar-refractivity contribution in [2.45, 2.75) is 0 Å². The van der Waals surface area contributed by atoms with E-state index in [1.165, 1.54) is 6.07 Å². The monoisotopic (exact) mass is 330 g/mol. The molecule has 3 nitrogen and oxygen atoms in total. The van der Waals surface area contributed by atoms with Gasteiger partial charge in [-0.1, -0.05) is 29.3 Å². The summed E-state index contributed by atoms with van der Waals surface area (Å²) in [7, 11) is 0. The Hall–Kier alpha value is -1.85. The molecule has 0 atom stereocenters. The number of carbonyl (C=O) groups excluding carboxylic acids is 1. The molecule has 0 radical (unpaired) electrons. The predicted octanol–water partition coefficient (Wildman–Crippen LogP) is 4.32. The van der Waals surface area contributed by atoms with Crippen LogP contribution < -0.4 is 10.6 Å². The molecule has 0 aliphatic rings. The summed E-state index contributed by atoms with van der Waals surface area (Å²) in [5.41, 5.74) is -0.0326. The summed E-state index contributed by atoms with van der Waals surface area (Å²) in [5.74, 6) is -2.30. The van der Waals surface area contributed by atoms with Gasteiger partial charge in [0.25, 0.3) is 0 Å². The smallest absolute Gasteiger partial charge is 0.243 e. The first-order chi connectivity index (χ1) is 9.97. The fourth-order valence-electron chi connectivity index (χ4n) is 1.61. The maximum absolute atomic E-state index is 13.4. The van der Waals surface area contributed by atoms with Crippen LogP contribution in [0.2, 0.25) is 10.0 Å². The van der Waals surface area contributed by atoms with Gasteiger partial charge >= 0.3 is 0 Å². The van der Waals surface area contributed by atoms with Crippen molar-refractivity contribution in [3.63, 3.8) is 0 Å². The summed E-state index contributed by atoms with van der Waals surface area (Å²) in [5, 5.41) is 5.72. The van der Waals surface area contributed by atoms with Crippen LogP contribution in [-0.2, 0) is 4.79 Å². The molecule has 1 amide bonds. The Morgan fingerprint density at radius 3 is 2.43 bits per heavy atom. The molecule has 0 saturated heterocycles. The molecule has 0 spiro atoms. The number of anilines is 2. The number of nitrogens with one attached hydrogen (secondary N) is 2. The van der Waals surface area contributed by atoms with Crippen molar-refractivity contribution in [1.82, 2.24) is 0 Å². The molecule has 0 unspecified atom stereocenters. The first-order valence-corrected chi connectivity index (χ1v) is 6.66. The molecule has 0 aliphatic heterocycles. The van der Waals surface area contributed by atoms with E-state index < -0.39 is 23.2 Å². The van der Waals surface area contributed by atoms with Crippen LogP contribution in [0.4, 0.5) is 20.2 Å². The largest absolute Gasteiger partial charge is 0.375 e. The van der Waals surface area contributed by atoms with Crippen molar-refractivity contribution in [2.75, 3.05) is 17.2 Å². The van der Waals surface area contributed by atoms with Crippen LogP contribution in [0.3, 0.4) is 0 Å². The zero-order valence-electron chi connectivity index (χ0n) is 10.6. The van der Waals surface area contributed by atoms with Crippen molar-refractivity contribution in [3.05, 3.63) is 58.1 Å². The average molecular weight is 331 g/mol. The van der Waals surface area contributed by atoms with Crippen LogP contribution in [0, 0.1) is 11.6 Å². The first kappa shape index (κ1) is 15.5. The highest BCUT2D eigenvalue weighted by atomic mass is 35.5. The first-order valence-electron chi connectivity index (χ1n) is 5.90. The zero-order chi connectivity index (χ0) is 15.4. The van der Waals surface area contributed by atoms with Gasteiger partial charge in [0.1, 0.15) is 17.3 Å². The van der Waals surface area contributed by atoms with Gasteiger partial charge in [0.2, 0.25) is 5.91 Å². The maximum Gasteiger partial charge on any atom is 0.243 e. The molecule has 0 bridgehead atoms. The van der Waals surface area contributed by atoms with E-state index in [1.54, 1.807) is 18.2 Å². The minimum Gasteiger partial charge on any atom is -0.375 e. The topological polar surface area (TPSA) is 41.1 Å². The Labute approximate surface area is 129 Å². The third kappa shape index (κ3) is 4.06. The predicted molar refractivity (Wildman–Crippen MR) is 79.9 cm³/mol. The fraction of sp³-hybridized carbons (Fsp3) is 0.0714. The number of hydrogen-bond acceptors (Lipinski definition) is 2. The van der Waals surface area contributed by atoms with Crippen molar-refractivity contribution in [1.29, 1.82) is 0 Å².